The Bertz CT molecular complexity index is 891. The van der Waals surface area contributed by atoms with Crippen molar-refractivity contribution in [2.24, 2.45) is 10.7 Å². The van der Waals surface area contributed by atoms with Crippen LogP contribution in [-0.4, -0.2) is 38.9 Å². The predicted molar refractivity (Wildman–Crippen MR) is 108 cm³/mol. The molecular formula is C19H26N4O3S. The van der Waals surface area contributed by atoms with Crippen molar-refractivity contribution in [1.29, 1.82) is 0 Å². The number of aliphatic imine (C=N–C) groups is 1. The number of ether oxygens (including phenoxy) is 1. The molecule has 2 aromatic carbocycles. The zero-order valence-electron chi connectivity index (χ0n) is 16.0. The van der Waals surface area contributed by atoms with Crippen molar-refractivity contribution in [2.75, 3.05) is 19.4 Å². The third-order valence-corrected chi connectivity index (χ3v) is 5.57. The number of hydrogen-bond acceptors (Lipinski definition) is 4. The number of hydrogen-bond donors (Lipinski definition) is 2. The molecular weight excluding hydrogens is 364 g/mol. The van der Waals surface area contributed by atoms with Crippen LogP contribution in [0, 0.1) is 0 Å². The highest BCUT2D eigenvalue weighted by Crippen LogP contribution is 2.20. The largest absolute Gasteiger partial charge is 0.491 e. The van der Waals surface area contributed by atoms with E-state index in [-0.39, 0.29) is 23.5 Å². The van der Waals surface area contributed by atoms with E-state index in [2.05, 4.69) is 10.3 Å². The molecule has 146 valence electrons. The number of benzene rings is 2. The fourth-order valence-electron chi connectivity index (χ4n) is 2.33. The summed E-state index contributed by atoms with van der Waals surface area (Å²) >= 11 is 0. The highest BCUT2D eigenvalue weighted by molar-refractivity contribution is 7.89. The number of rotatable bonds is 7. The third kappa shape index (κ3) is 5.70. The SMILES string of the molecule is CC(C)Oc1ccc(NC(N)=NCc2ccccc2S(=O)(=O)N(C)C)cc1. The van der Waals surface area contributed by atoms with Gasteiger partial charge in [0.2, 0.25) is 10.0 Å². The molecule has 0 radical (unpaired) electrons. The molecule has 0 atom stereocenters. The minimum Gasteiger partial charge on any atom is -0.491 e. The molecule has 0 aliphatic carbocycles. The van der Waals surface area contributed by atoms with Crippen LogP contribution in [0.5, 0.6) is 5.75 Å². The number of nitrogens with one attached hydrogen (secondary N) is 1. The molecule has 0 saturated carbocycles. The Hall–Kier alpha value is -2.58. The predicted octanol–water partition coefficient (Wildman–Crippen LogP) is 2.65. The molecule has 8 heteroatoms. The molecule has 0 heterocycles. The minimum atomic E-state index is -3.54. The Morgan fingerprint density at radius 2 is 1.78 bits per heavy atom. The van der Waals surface area contributed by atoms with E-state index < -0.39 is 10.0 Å². The molecule has 0 amide bonds. The van der Waals surface area contributed by atoms with Gasteiger partial charge < -0.3 is 15.8 Å². The molecule has 0 spiro atoms. The maximum absolute atomic E-state index is 12.4. The Balaban J connectivity index is 2.10. The van der Waals surface area contributed by atoms with Gasteiger partial charge in [-0.1, -0.05) is 18.2 Å². The van der Waals surface area contributed by atoms with Gasteiger partial charge in [0.15, 0.2) is 5.96 Å². The van der Waals surface area contributed by atoms with Gasteiger partial charge in [-0.05, 0) is 49.7 Å². The monoisotopic (exact) mass is 390 g/mol. The van der Waals surface area contributed by atoms with E-state index in [1.165, 1.54) is 18.4 Å². The average molecular weight is 391 g/mol. The van der Waals surface area contributed by atoms with Gasteiger partial charge >= 0.3 is 0 Å². The first-order valence-corrected chi connectivity index (χ1v) is 9.98. The summed E-state index contributed by atoms with van der Waals surface area (Å²) in [6.07, 6.45) is 0.106. The summed E-state index contributed by atoms with van der Waals surface area (Å²) in [6, 6.07) is 14.1. The van der Waals surface area contributed by atoms with Gasteiger partial charge in [-0.25, -0.2) is 17.7 Å². The zero-order chi connectivity index (χ0) is 20.0. The van der Waals surface area contributed by atoms with Gasteiger partial charge in [0.05, 0.1) is 17.5 Å². The maximum Gasteiger partial charge on any atom is 0.242 e. The van der Waals surface area contributed by atoms with Crippen LogP contribution < -0.4 is 15.8 Å². The number of anilines is 1. The van der Waals surface area contributed by atoms with Crippen LogP contribution >= 0.6 is 0 Å². The fraction of sp³-hybridized carbons (Fsp3) is 0.316. The van der Waals surface area contributed by atoms with Crippen molar-refractivity contribution in [3.05, 3.63) is 54.1 Å². The van der Waals surface area contributed by atoms with Gasteiger partial charge in [-0.15, -0.1) is 0 Å². The molecule has 2 aromatic rings. The van der Waals surface area contributed by atoms with Crippen LogP contribution in [0.4, 0.5) is 5.69 Å². The Labute approximate surface area is 160 Å². The molecule has 2 rings (SSSR count). The molecule has 0 aliphatic rings. The highest BCUT2D eigenvalue weighted by atomic mass is 32.2. The zero-order valence-corrected chi connectivity index (χ0v) is 16.8. The number of guanidine groups is 1. The summed E-state index contributed by atoms with van der Waals surface area (Å²) in [5, 5.41) is 2.99. The van der Waals surface area contributed by atoms with Gasteiger partial charge in [0, 0.05) is 19.8 Å². The van der Waals surface area contributed by atoms with Crippen LogP contribution in [0.25, 0.3) is 0 Å². The molecule has 0 saturated heterocycles. The lowest BCUT2D eigenvalue weighted by atomic mass is 10.2. The van der Waals surface area contributed by atoms with Crippen LogP contribution in [-0.2, 0) is 16.6 Å². The van der Waals surface area contributed by atoms with Crippen molar-refractivity contribution >= 4 is 21.7 Å². The van der Waals surface area contributed by atoms with Crippen LogP contribution in [0.2, 0.25) is 0 Å². The summed E-state index contributed by atoms with van der Waals surface area (Å²) in [4.78, 5) is 4.49. The van der Waals surface area contributed by atoms with Crippen molar-refractivity contribution in [1.82, 2.24) is 4.31 Å². The Morgan fingerprint density at radius 3 is 2.37 bits per heavy atom. The van der Waals surface area contributed by atoms with E-state index in [1.54, 1.807) is 24.3 Å². The first-order chi connectivity index (χ1) is 12.7. The normalized spacial score (nSPS) is 12.4. The summed E-state index contributed by atoms with van der Waals surface area (Å²) in [5.41, 5.74) is 7.28. The second kappa shape index (κ2) is 8.88. The van der Waals surface area contributed by atoms with Crippen molar-refractivity contribution in [3.63, 3.8) is 0 Å². The van der Waals surface area contributed by atoms with Gasteiger partial charge in [-0.2, -0.15) is 0 Å². The van der Waals surface area contributed by atoms with E-state index in [0.717, 1.165) is 11.4 Å². The summed E-state index contributed by atoms with van der Waals surface area (Å²) in [5.74, 6) is 0.971. The van der Waals surface area contributed by atoms with Crippen LogP contribution in [0.3, 0.4) is 0 Å². The quantitative estimate of drug-likeness (QED) is 0.560. The highest BCUT2D eigenvalue weighted by Gasteiger charge is 2.20. The van der Waals surface area contributed by atoms with Crippen LogP contribution in [0.1, 0.15) is 19.4 Å². The maximum atomic E-state index is 12.4. The lowest BCUT2D eigenvalue weighted by molar-refractivity contribution is 0.242. The molecule has 0 unspecified atom stereocenters. The summed E-state index contributed by atoms with van der Waals surface area (Å²) < 4.78 is 31.6. The van der Waals surface area contributed by atoms with Crippen LogP contribution in [0.15, 0.2) is 58.4 Å². The molecule has 0 bridgehead atoms. The summed E-state index contributed by atoms with van der Waals surface area (Å²) in [7, 11) is -0.544. The summed E-state index contributed by atoms with van der Waals surface area (Å²) in [6.45, 7) is 4.08. The third-order valence-electron chi connectivity index (χ3n) is 3.65. The van der Waals surface area contributed by atoms with E-state index >= 15 is 0 Å². The molecule has 0 aromatic heterocycles. The second-order valence-corrected chi connectivity index (χ2v) is 8.53. The van der Waals surface area contributed by atoms with E-state index in [4.69, 9.17) is 10.5 Å². The number of sulfonamides is 1. The lowest BCUT2D eigenvalue weighted by Crippen LogP contribution is -2.24. The first-order valence-electron chi connectivity index (χ1n) is 8.54. The molecule has 0 aliphatic heterocycles. The van der Waals surface area contributed by atoms with Gasteiger partial charge in [0.1, 0.15) is 5.75 Å². The molecule has 27 heavy (non-hydrogen) atoms. The van der Waals surface area contributed by atoms with Gasteiger partial charge in [0.25, 0.3) is 0 Å². The number of nitrogens with two attached hydrogens (primary N) is 1. The topological polar surface area (TPSA) is 97.0 Å². The average Bonchev–Trinajstić information content (AvgIpc) is 2.61. The van der Waals surface area contributed by atoms with E-state index in [1.807, 2.05) is 38.1 Å². The molecule has 7 nitrogen and oxygen atoms in total. The van der Waals surface area contributed by atoms with E-state index in [0.29, 0.717) is 5.56 Å². The van der Waals surface area contributed by atoms with Crippen molar-refractivity contribution in [3.8, 4) is 5.75 Å². The van der Waals surface area contributed by atoms with E-state index in [9.17, 15) is 8.42 Å². The fourth-order valence-corrected chi connectivity index (χ4v) is 3.44. The molecule has 0 fully saturated rings. The second-order valence-electron chi connectivity index (χ2n) is 6.41. The standard InChI is InChI=1S/C19H26N4O3S/c1-14(2)26-17-11-9-16(10-12-17)22-19(20)21-13-15-7-5-6-8-18(15)27(24,25)23(3)4/h5-12,14H,13H2,1-4H3,(H3,20,21,22). The molecule has 3 N–H and O–H groups in total. The Kier molecular flexibility index (Phi) is 6.81. The van der Waals surface area contributed by atoms with Crippen molar-refractivity contribution in [2.45, 2.75) is 31.4 Å². The minimum absolute atomic E-state index is 0.106. The Morgan fingerprint density at radius 1 is 1.15 bits per heavy atom. The first kappa shape index (κ1) is 20.7. The van der Waals surface area contributed by atoms with Crippen molar-refractivity contribution < 1.29 is 13.2 Å². The number of nitrogens with zero attached hydrogens (tertiary/aromatic N) is 2. The lowest BCUT2D eigenvalue weighted by Gasteiger charge is -2.14. The smallest absolute Gasteiger partial charge is 0.242 e. The van der Waals surface area contributed by atoms with Gasteiger partial charge in [-0.3, -0.25) is 0 Å².